The first-order valence-electron chi connectivity index (χ1n) is 5.84. The van der Waals surface area contributed by atoms with Crippen LogP contribution in [0.4, 0.5) is 11.9 Å². The molecule has 1 aliphatic rings. The fourth-order valence-electron chi connectivity index (χ4n) is 1.60. The third kappa shape index (κ3) is 3.16. The maximum absolute atomic E-state index is 11.4. The highest BCUT2D eigenvalue weighted by molar-refractivity contribution is 5.35. The van der Waals surface area contributed by atoms with Gasteiger partial charge < -0.3 is 15.0 Å². The Morgan fingerprint density at radius 2 is 2.18 bits per heavy atom. The number of rotatable bonds is 4. The second kappa shape index (κ2) is 5.62. The maximum atomic E-state index is 11.4. The fraction of sp³-hybridized carbons (Fsp3) is 0.700. The van der Waals surface area contributed by atoms with Crippen LogP contribution >= 0.6 is 0 Å². The lowest BCUT2D eigenvalue weighted by Gasteiger charge is -2.26. The zero-order chi connectivity index (χ0) is 12.1. The second-order valence-corrected chi connectivity index (χ2v) is 3.83. The van der Waals surface area contributed by atoms with Gasteiger partial charge in [0.1, 0.15) is 0 Å². The monoisotopic (exact) mass is 239 g/mol. The molecule has 1 saturated heterocycles. The van der Waals surface area contributed by atoms with Crippen LogP contribution in [-0.2, 0) is 4.74 Å². The van der Waals surface area contributed by atoms with Gasteiger partial charge >= 0.3 is 5.69 Å². The van der Waals surface area contributed by atoms with E-state index in [0.717, 1.165) is 26.1 Å². The van der Waals surface area contributed by atoms with Crippen molar-refractivity contribution in [3.05, 3.63) is 10.5 Å². The van der Waals surface area contributed by atoms with Crippen molar-refractivity contribution in [1.82, 2.24) is 15.0 Å². The molecule has 7 nitrogen and oxygen atoms in total. The molecule has 2 rings (SSSR count). The Balaban J connectivity index is 2.15. The number of hydrogen-bond donors (Lipinski definition) is 2. The minimum atomic E-state index is -0.375. The van der Waals surface area contributed by atoms with Crippen LogP contribution in [0.2, 0.25) is 0 Å². The molecule has 1 fully saturated rings. The van der Waals surface area contributed by atoms with Crippen LogP contribution in [0.15, 0.2) is 4.79 Å². The number of aromatic nitrogens is 3. The summed E-state index contributed by atoms with van der Waals surface area (Å²) in [4.78, 5) is 24.1. The Labute approximate surface area is 99.2 Å². The maximum Gasteiger partial charge on any atom is 0.350 e. The molecule has 1 aromatic rings. The van der Waals surface area contributed by atoms with E-state index in [1.165, 1.54) is 0 Å². The molecule has 0 aromatic carbocycles. The molecule has 7 heteroatoms. The molecular formula is C10H17N5O2. The van der Waals surface area contributed by atoms with Crippen LogP contribution in [-0.4, -0.2) is 47.8 Å². The zero-order valence-electron chi connectivity index (χ0n) is 9.90. The number of morpholine rings is 1. The van der Waals surface area contributed by atoms with E-state index in [1.807, 2.05) is 4.90 Å². The first kappa shape index (κ1) is 11.8. The van der Waals surface area contributed by atoms with Crippen molar-refractivity contribution in [2.75, 3.05) is 43.1 Å². The molecule has 1 aromatic heterocycles. The third-order valence-electron chi connectivity index (χ3n) is 2.48. The number of nitrogens with one attached hydrogen (secondary N) is 2. The number of aromatic amines is 1. The number of hydrogen-bond acceptors (Lipinski definition) is 6. The summed E-state index contributed by atoms with van der Waals surface area (Å²) in [5, 5.41) is 3.05. The smallest absolute Gasteiger partial charge is 0.350 e. The van der Waals surface area contributed by atoms with E-state index in [4.69, 9.17) is 4.74 Å². The van der Waals surface area contributed by atoms with Crippen molar-refractivity contribution in [3.8, 4) is 0 Å². The van der Waals surface area contributed by atoms with Crippen LogP contribution in [0.1, 0.15) is 13.3 Å². The van der Waals surface area contributed by atoms with Crippen molar-refractivity contribution in [2.24, 2.45) is 0 Å². The second-order valence-electron chi connectivity index (χ2n) is 3.83. The van der Waals surface area contributed by atoms with E-state index in [0.29, 0.717) is 25.1 Å². The van der Waals surface area contributed by atoms with Gasteiger partial charge in [-0.1, -0.05) is 6.92 Å². The summed E-state index contributed by atoms with van der Waals surface area (Å²) in [6.07, 6.45) is 0.971. The van der Waals surface area contributed by atoms with Gasteiger partial charge in [-0.15, -0.1) is 0 Å². The number of ether oxygens (including phenoxy) is 1. The van der Waals surface area contributed by atoms with E-state index in [1.54, 1.807) is 0 Å². The fourth-order valence-corrected chi connectivity index (χ4v) is 1.60. The molecule has 94 valence electrons. The molecule has 0 atom stereocenters. The average molecular weight is 239 g/mol. The Kier molecular flexibility index (Phi) is 3.92. The van der Waals surface area contributed by atoms with E-state index in [-0.39, 0.29) is 5.69 Å². The molecule has 0 aliphatic carbocycles. The molecule has 0 spiro atoms. The molecule has 1 aliphatic heterocycles. The Morgan fingerprint density at radius 3 is 2.88 bits per heavy atom. The minimum Gasteiger partial charge on any atom is -0.378 e. The third-order valence-corrected chi connectivity index (χ3v) is 2.48. The summed E-state index contributed by atoms with van der Waals surface area (Å²) in [5.41, 5.74) is -0.375. The highest BCUT2D eigenvalue weighted by atomic mass is 16.5. The van der Waals surface area contributed by atoms with Gasteiger partial charge in [-0.3, -0.25) is 4.98 Å². The minimum absolute atomic E-state index is 0.375. The lowest BCUT2D eigenvalue weighted by atomic mass is 10.4. The number of anilines is 2. The van der Waals surface area contributed by atoms with Gasteiger partial charge in [0.05, 0.1) is 13.2 Å². The topological polar surface area (TPSA) is 83.1 Å². The summed E-state index contributed by atoms with van der Waals surface area (Å²) in [5.74, 6) is 0.948. The van der Waals surface area contributed by atoms with Crippen LogP contribution in [0.25, 0.3) is 0 Å². The summed E-state index contributed by atoms with van der Waals surface area (Å²) in [6.45, 7) is 5.56. The first-order chi connectivity index (χ1) is 8.29. The summed E-state index contributed by atoms with van der Waals surface area (Å²) >= 11 is 0. The lowest BCUT2D eigenvalue weighted by Crippen LogP contribution is -2.38. The normalized spacial score (nSPS) is 15.9. The summed E-state index contributed by atoms with van der Waals surface area (Å²) in [7, 11) is 0. The van der Waals surface area contributed by atoms with E-state index >= 15 is 0 Å². The van der Waals surface area contributed by atoms with Crippen LogP contribution in [0, 0.1) is 0 Å². The SMILES string of the molecule is CCCNc1nc(N2CCOCC2)nc(=O)[nH]1. The van der Waals surface area contributed by atoms with Crippen molar-refractivity contribution in [3.63, 3.8) is 0 Å². The predicted molar refractivity (Wildman–Crippen MR) is 64.5 cm³/mol. The van der Waals surface area contributed by atoms with E-state index in [9.17, 15) is 4.79 Å². The van der Waals surface area contributed by atoms with Crippen LogP contribution in [0.3, 0.4) is 0 Å². The average Bonchev–Trinajstić information content (AvgIpc) is 2.37. The van der Waals surface area contributed by atoms with E-state index < -0.39 is 0 Å². The van der Waals surface area contributed by atoms with Crippen molar-refractivity contribution in [2.45, 2.75) is 13.3 Å². The standard InChI is InChI=1S/C10H17N5O2/c1-2-3-11-8-12-9(14-10(16)13-8)15-4-6-17-7-5-15/h2-7H2,1H3,(H2,11,12,13,14,16). The largest absolute Gasteiger partial charge is 0.378 e. The van der Waals surface area contributed by atoms with Crippen LogP contribution < -0.4 is 15.9 Å². The molecule has 2 heterocycles. The Hall–Kier alpha value is -1.63. The number of H-pyrrole nitrogens is 1. The zero-order valence-corrected chi connectivity index (χ0v) is 9.90. The van der Waals surface area contributed by atoms with Crippen molar-refractivity contribution >= 4 is 11.9 Å². The van der Waals surface area contributed by atoms with Crippen molar-refractivity contribution < 1.29 is 4.74 Å². The van der Waals surface area contributed by atoms with Gasteiger partial charge in [-0.2, -0.15) is 9.97 Å². The number of nitrogens with zero attached hydrogens (tertiary/aromatic N) is 3. The van der Waals surface area contributed by atoms with Crippen molar-refractivity contribution in [1.29, 1.82) is 0 Å². The molecule has 0 bridgehead atoms. The molecule has 17 heavy (non-hydrogen) atoms. The molecule has 0 unspecified atom stereocenters. The van der Waals surface area contributed by atoms with Gasteiger partial charge in [0.25, 0.3) is 0 Å². The molecule has 0 amide bonds. The summed E-state index contributed by atoms with van der Waals surface area (Å²) in [6, 6.07) is 0. The molecule has 0 radical (unpaired) electrons. The van der Waals surface area contributed by atoms with Gasteiger partial charge in [-0.25, -0.2) is 4.79 Å². The van der Waals surface area contributed by atoms with Gasteiger partial charge in [0, 0.05) is 19.6 Å². The molecule has 0 saturated carbocycles. The van der Waals surface area contributed by atoms with Gasteiger partial charge in [0.15, 0.2) is 0 Å². The quantitative estimate of drug-likeness (QED) is 0.758. The molecular weight excluding hydrogens is 222 g/mol. The predicted octanol–water partition coefficient (Wildman–Crippen LogP) is -0.177. The van der Waals surface area contributed by atoms with Crippen LogP contribution in [0.5, 0.6) is 0 Å². The van der Waals surface area contributed by atoms with Gasteiger partial charge in [0.2, 0.25) is 11.9 Å². The first-order valence-corrected chi connectivity index (χ1v) is 5.84. The lowest BCUT2D eigenvalue weighted by molar-refractivity contribution is 0.122. The molecule has 2 N–H and O–H groups in total. The highest BCUT2D eigenvalue weighted by Crippen LogP contribution is 2.08. The highest BCUT2D eigenvalue weighted by Gasteiger charge is 2.15. The Morgan fingerprint density at radius 1 is 1.41 bits per heavy atom. The Bertz CT molecular complexity index is 413. The van der Waals surface area contributed by atoms with E-state index in [2.05, 4.69) is 27.2 Å². The van der Waals surface area contributed by atoms with Gasteiger partial charge in [-0.05, 0) is 6.42 Å². The summed E-state index contributed by atoms with van der Waals surface area (Å²) < 4.78 is 5.25.